The fraction of sp³-hybridized carbons (Fsp3) is 0.586. The van der Waals surface area contributed by atoms with Crippen LogP contribution in [0.3, 0.4) is 0 Å². The minimum Gasteiger partial charge on any atom is -0.313 e. The molecule has 5 rings (SSSR count). The Hall–Kier alpha value is -0.740. The minimum absolute atomic E-state index is 0.186. The normalized spacial score (nSPS) is 25.6. The predicted octanol–water partition coefficient (Wildman–Crippen LogP) is 7.00. The van der Waals surface area contributed by atoms with Gasteiger partial charge >= 0.3 is 0 Å². The molecule has 32 heavy (non-hydrogen) atoms. The van der Waals surface area contributed by atoms with Gasteiger partial charge in [-0.2, -0.15) is 0 Å². The molecular formula is C29H41NP2. The molecule has 2 aromatic carbocycles. The Morgan fingerprint density at radius 1 is 0.625 bits per heavy atom. The number of benzene rings is 2. The molecule has 1 saturated heterocycles. The first-order chi connectivity index (χ1) is 15.9. The highest BCUT2D eigenvalue weighted by atomic mass is 31.1. The van der Waals surface area contributed by atoms with E-state index in [1.165, 1.54) is 57.7 Å². The Balaban J connectivity index is 1.31. The van der Waals surface area contributed by atoms with Crippen molar-refractivity contribution in [3.05, 3.63) is 60.7 Å². The fourth-order valence-corrected chi connectivity index (χ4v) is 13.6. The van der Waals surface area contributed by atoms with Gasteiger partial charge in [-0.3, -0.25) is 0 Å². The third kappa shape index (κ3) is 5.66. The molecule has 0 amide bonds. The molecule has 1 aliphatic heterocycles. The lowest BCUT2D eigenvalue weighted by atomic mass is 9.99. The quantitative estimate of drug-likeness (QED) is 0.434. The molecular weight excluding hydrogens is 424 g/mol. The third-order valence-electron chi connectivity index (χ3n) is 8.15. The van der Waals surface area contributed by atoms with Crippen LogP contribution < -0.4 is 15.9 Å². The molecule has 2 aliphatic carbocycles. The largest absolute Gasteiger partial charge is 0.313 e. The highest BCUT2D eigenvalue weighted by Gasteiger charge is 2.40. The van der Waals surface area contributed by atoms with Crippen LogP contribution in [-0.4, -0.2) is 35.7 Å². The summed E-state index contributed by atoms with van der Waals surface area (Å²) in [5.74, 6) is 0. The molecule has 0 unspecified atom stereocenters. The van der Waals surface area contributed by atoms with Crippen LogP contribution in [0.15, 0.2) is 60.7 Å². The van der Waals surface area contributed by atoms with Gasteiger partial charge in [0.25, 0.3) is 0 Å². The van der Waals surface area contributed by atoms with Gasteiger partial charge in [-0.25, -0.2) is 0 Å². The first-order valence-corrected chi connectivity index (χ1v) is 16.3. The summed E-state index contributed by atoms with van der Waals surface area (Å²) >= 11 is 0. The van der Waals surface area contributed by atoms with Gasteiger partial charge in [-0.05, 0) is 73.8 Å². The van der Waals surface area contributed by atoms with E-state index in [1.807, 2.05) is 0 Å². The maximum atomic E-state index is 4.07. The Morgan fingerprint density at radius 3 is 1.62 bits per heavy atom. The van der Waals surface area contributed by atoms with Crippen LogP contribution >= 0.6 is 15.8 Å². The van der Waals surface area contributed by atoms with Gasteiger partial charge < -0.3 is 5.32 Å². The van der Waals surface area contributed by atoms with Gasteiger partial charge in [0.1, 0.15) is 0 Å². The zero-order chi connectivity index (χ0) is 21.6. The molecule has 0 aromatic heterocycles. The van der Waals surface area contributed by atoms with Gasteiger partial charge in [0, 0.05) is 12.6 Å². The van der Waals surface area contributed by atoms with Crippen molar-refractivity contribution in [3.63, 3.8) is 0 Å². The van der Waals surface area contributed by atoms with E-state index < -0.39 is 0 Å². The van der Waals surface area contributed by atoms with Crippen LogP contribution in [0, 0.1) is 0 Å². The van der Waals surface area contributed by atoms with Crippen molar-refractivity contribution in [2.75, 3.05) is 12.7 Å². The van der Waals surface area contributed by atoms with E-state index in [4.69, 9.17) is 0 Å². The van der Waals surface area contributed by atoms with Crippen molar-refractivity contribution < 1.29 is 0 Å². The van der Waals surface area contributed by atoms with Gasteiger partial charge in [0.2, 0.25) is 0 Å². The van der Waals surface area contributed by atoms with Crippen LogP contribution in [0.1, 0.15) is 70.6 Å². The second-order valence-electron chi connectivity index (χ2n) is 10.3. The Morgan fingerprint density at radius 2 is 1.12 bits per heavy atom. The van der Waals surface area contributed by atoms with Crippen molar-refractivity contribution in [2.24, 2.45) is 0 Å². The monoisotopic (exact) mass is 465 g/mol. The lowest BCUT2D eigenvalue weighted by molar-refractivity contribution is 0.481. The van der Waals surface area contributed by atoms with Gasteiger partial charge in [0.05, 0.1) is 0 Å². The van der Waals surface area contributed by atoms with Crippen molar-refractivity contribution in [1.82, 2.24) is 5.32 Å². The molecule has 0 radical (unpaired) electrons. The summed E-state index contributed by atoms with van der Waals surface area (Å²) < 4.78 is 0. The number of nitrogens with one attached hydrogen (secondary N) is 1. The third-order valence-corrected chi connectivity index (χ3v) is 14.8. The second kappa shape index (κ2) is 11.6. The molecule has 2 atom stereocenters. The van der Waals surface area contributed by atoms with Crippen molar-refractivity contribution >= 4 is 26.5 Å². The first-order valence-electron chi connectivity index (χ1n) is 13.3. The highest BCUT2D eigenvalue weighted by Crippen LogP contribution is 2.60. The van der Waals surface area contributed by atoms with Crippen molar-refractivity contribution in [3.8, 4) is 0 Å². The van der Waals surface area contributed by atoms with Crippen LogP contribution in [0.5, 0.6) is 0 Å². The molecule has 1 heterocycles. The van der Waals surface area contributed by atoms with E-state index in [2.05, 4.69) is 66.0 Å². The Kier molecular flexibility index (Phi) is 8.35. The second-order valence-corrected chi connectivity index (χ2v) is 15.6. The lowest BCUT2D eigenvalue weighted by Gasteiger charge is -2.42. The summed E-state index contributed by atoms with van der Waals surface area (Å²) in [5.41, 5.74) is 3.14. The topological polar surface area (TPSA) is 12.0 Å². The van der Waals surface area contributed by atoms with Crippen LogP contribution in [0.25, 0.3) is 0 Å². The maximum absolute atomic E-state index is 4.07. The van der Waals surface area contributed by atoms with Crippen LogP contribution in [0.4, 0.5) is 0 Å². The SMILES string of the molecule is c1ccc(P(C[C@@H]2C[C@H](P(C3CCCCC3)C3CCCCC3)CN2)c2ccccc2)cc1. The van der Waals surface area contributed by atoms with Crippen LogP contribution in [0.2, 0.25) is 0 Å². The number of hydrogen-bond donors (Lipinski definition) is 1. The Labute approximate surface area is 198 Å². The van der Waals surface area contributed by atoms with Gasteiger partial charge in [0.15, 0.2) is 0 Å². The summed E-state index contributed by atoms with van der Waals surface area (Å²) in [6, 6.07) is 23.4. The summed E-state index contributed by atoms with van der Waals surface area (Å²) in [6.45, 7) is 1.30. The van der Waals surface area contributed by atoms with Crippen molar-refractivity contribution in [2.45, 2.75) is 93.6 Å². The predicted molar refractivity (Wildman–Crippen MR) is 145 cm³/mol. The van der Waals surface area contributed by atoms with E-state index in [9.17, 15) is 0 Å². The summed E-state index contributed by atoms with van der Waals surface area (Å²) in [4.78, 5) is 0. The molecule has 3 heteroatoms. The molecule has 2 saturated carbocycles. The first kappa shape index (κ1) is 23.0. The summed E-state index contributed by atoms with van der Waals surface area (Å²) in [5, 5.41) is 7.15. The zero-order valence-electron chi connectivity index (χ0n) is 19.7. The molecule has 2 aromatic rings. The zero-order valence-corrected chi connectivity index (χ0v) is 21.5. The molecule has 3 fully saturated rings. The van der Waals surface area contributed by atoms with E-state index in [0.29, 0.717) is 6.04 Å². The van der Waals surface area contributed by atoms with E-state index in [0.717, 1.165) is 17.0 Å². The molecule has 172 valence electrons. The fourth-order valence-electron chi connectivity index (χ4n) is 6.61. The maximum Gasteiger partial charge on any atom is 0.0119 e. The van der Waals surface area contributed by atoms with Gasteiger partial charge in [-0.1, -0.05) is 107 Å². The smallest absolute Gasteiger partial charge is 0.0119 e. The molecule has 3 aliphatic rings. The molecule has 1 nitrogen and oxygen atoms in total. The lowest BCUT2D eigenvalue weighted by Crippen LogP contribution is -2.29. The summed E-state index contributed by atoms with van der Waals surface area (Å²) in [7, 11) is -0.0980. The highest BCUT2D eigenvalue weighted by molar-refractivity contribution is 7.73. The number of rotatable bonds is 7. The average molecular weight is 466 g/mol. The van der Waals surface area contributed by atoms with E-state index >= 15 is 0 Å². The molecule has 0 spiro atoms. The number of hydrogen-bond acceptors (Lipinski definition) is 1. The average Bonchev–Trinajstić information content (AvgIpc) is 3.33. The molecule has 1 N–H and O–H groups in total. The van der Waals surface area contributed by atoms with Gasteiger partial charge in [-0.15, -0.1) is 0 Å². The van der Waals surface area contributed by atoms with Crippen LogP contribution in [-0.2, 0) is 0 Å². The van der Waals surface area contributed by atoms with E-state index in [1.54, 1.807) is 36.3 Å². The standard InChI is InChI=1S/C29H41NP2/c1-5-13-25(14-6-1)31(26-15-7-2-8-16-26)23-24-21-29(22-30-24)32(27-17-9-3-10-18-27)28-19-11-4-12-20-28/h1-2,5-8,13-16,24,27-30H,3-4,9-12,17-23H2/t24-,29-/m0/s1. The Bertz CT molecular complexity index is 741. The van der Waals surface area contributed by atoms with Crippen molar-refractivity contribution in [1.29, 1.82) is 0 Å². The van der Waals surface area contributed by atoms with E-state index in [-0.39, 0.29) is 15.8 Å². The molecule has 0 bridgehead atoms. The summed E-state index contributed by atoms with van der Waals surface area (Å²) in [6.07, 6.45) is 17.9. The minimum atomic E-state index is -0.284.